The molecule has 3 nitrogen and oxygen atoms in total. The lowest BCUT2D eigenvalue weighted by Crippen LogP contribution is -2.07. The van der Waals surface area contributed by atoms with Crippen LogP contribution in [0.4, 0.5) is 0 Å². The van der Waals surface area contributed by atoms with Crippen LogP contribution < -0.4 is 4.74 Å². The minimum absolute atomic E-state index is 0.0383. The summed E-state index contributed by atoms with van der Waals surface area (Å²) in [5.74, 6) is 0.794. The summed E-state index contributed by atoms with van der Waals surface area (Å²) in [6, 6.07) is 7.12. The Bertz CT molecular complexity index is 391. The normalized spacial score (nSPS) is 11.1. The van der Waals surface area contributed by atoms with Gasteiger partial charge in [-0.05, 0) is 31.2 Å². The van der Waals surface area contributed by atoms with Crippen molar-refractivity contribution in [1.29, 1.82) is 0 Å². The molecule has 0 aliphatic rings. The lowest BCUT2D eigenvalue weighted by atomic mass is 10.1. The van der Waals surface area contributed by atoms with Crippen molar-refractivity contribution in [3.8, 4) is 5.75 Å². The zero-order valence-corrected chi connectivity index (χ0v) is 10.2. The van der Waals surface area contributed by atoms with Crippen molar-refractivity contribution in [3.63, 3.8) is 0 Å². The van der Waals surface area contributed by atoms with Crippen molar-refractivity contribution in [2.45, 2.75) is 6.92 Å². The van der Waals surface area contributed by atoms with Crippen molar-refractivity contribution in [3.05, 3.63) is 41.6 Å². The van der Waals surface area contributed by atoms with E-state index < -0.39 is 0 Å². The van der Waals surface area contributed by atoms with Gasteiger partial charge in [-0.1, -0.05) is 0 Å². The zero-order chi connectivity index (χ0) is 12.1. The molecule has 0 fully saturated rings. The molecule has 1 aromatic rings. The lowest BCUT2D eigenvalue weighted by molar-refractivity contribution is 0.103. The molecule has 0 bridgehead atoms. The third kappa shape index (κ3) is 3.12. The molecule has 0 spiro atoms. The second kappa shape index (κ2) is 5.35. The van der Waals surface area contributed by atoms with Crippen molar-refractivity contribution < 1.29 is 9.53 Å². The van der Waals surface area contributed by atoms with Gasteiger partial charge in [0.25, 0.3) is 0 Å². The number of ether oxygens (including phenoxy) is 1. The smallest absolute Gasteiger partial charge is 0.190 e. The van der Waals surface area contributed by atoms with E-state index in [1.54, 1.807) is 31.4 Å². The van der Waals surface area contributed by atoms with Gasteiger partial charge in [0.05, 0.1) is 7.11 Å². The Kier molecular flexibility index (Phi) is 4.11. The largest absolute Gasteiger partial charge is 0.497 e. The predicted octanol–water partition coefficient (Wildman–Crippen LogP) is 2.34. The monoisotopic (exact) mass is 219 g/mol. The van der Waals surface area contributed by atoms with Crippen LogP contribution in [-0.2, 0) is 0 Å². The van der Waals surface area contributed by atoms with Gasteiger partial charge >= 0.3 is 0 Å². The number of methoxy groups -OCH3 is 1. The fourth-order valence-corrected chi connectivity index (χ4v) is 1.42. The van der Waals surface area contributed by atoms with Crippen LogP contribution in [0.1, 0.15) is 17.3 Å². The quantitative estimate of drug-likeness (QED) is 0.575. The van der Waals surface area contributed by atoms with Crippen molar-refractivity contribution >= 4 is 5.78 Å². The molecule has 0 amide bonds. The predicted molar refractivity (Wildman–Crippen MR) is 64.8 cm³/mol. The van der Waals surface area contributed by atoms with E-state index in [9.17, 15) is 4.79 Å². The van der Waals surface area contributed by atoms with Gasteiger partial charge in [-0.25, -0.2) is 0 Å². The van der Waals surface area contributed by atoms with E-state index in [4.69, 9.17) is 4.74 Å². The maximum Gasteiger partial charge on any atom is 0.190 e. The molecule has 0 radical (unpaired) electrons. The molecule has 0 aliphatic carbocycles. The van der Waals surface area contributed by atoms with E-state index in [1.807, 2.05) is 32.1 Å². The van der Waals surface area contributed by atoms with Gasteiger partial charge in [0.2, 0.25) is 0 Å². The minimum atomic E-state index is 0.0383. The van der Waals surface area contributed by atoms with Gasteiger partial charge in [-0.15, -0.1) is 0 Å². The Balaban J connectivity index is 2.88. The molecule has 1 aromatic carbocycles. The molecule has 86 valence electrons. The van der Waals surface area contributed by atoms with E-state index in [-0.39, 0.29) is 5.78 Å². The summed E-state index contributed by atoms with van der Waals surface area (Å²) in [7, 11) is 5.39. The van der Waals surface area contributed by atoms with E-state index in [0.29, 0.717) is 5.56 Å². The maximum absolute atomic E-state index is 11.9. The summed E-state index contributed by atoms with van der Waals surface area (Å²) in [5.41, 5.74) is 1.39. The van der Waals surface area contributed by atoms with Crippen molar-refractivity contribution in [2.75, 3.05) is 21.2 Å². The number of rotatable bonds is 4. The number of carbonyl (C=O) groups excluding carboxylic acids is 1. The molecule has 16 heavy (non-hydrogen) atoms. The molecular formula is C13H17NO2. The molecule has 0 aromatic heterocycles. The van der Waals surface area contributed by atoms with E-state index in [1.165, 1.54) is 0 Å². The highest BCUT2D eigenvalue weighted by Gasteiger charge is 2.08. The minimum Gasteiger partial charge on any atom is -0.497 e. The summed E-state index contributed by atoms with van der Waals surface area (Å²) in [6.45, 7) is 1.81. The van der Waals surface area contributed by atoms with Crippen LogP contribution in [0.2, 0.25) is 0 Å². The first-order chi connectivity index (χ1) is 7.54. The van der Waals surface area contributed by atoms with Gasteiger partial charge in [-0.3, -0.25) is 4.79 Å². The van der Waals surface area contributed by atoms with Crippen LogP contribution in [0.25, 0.3) is 0 Å². The number of benzene rings is 1. The molecule has 0 heterocycles. The molecule has 0 saturated heterocycles. The number of Topliss-reactive ketones (excluding diaryl/α,β-unsaturated/α-hetero) is 1. The third-order valence-corrected chi connectivity index (χ3v) is 2.16. The van der Waals surface area contributed by atoms with Crippen LogP contribution in [0.5, 0.6) is 5.75 Å². The second-order valence-electron chi connectivity index (χ2n) is 3.83. The van der Waals surface area contributed by atoms with E-state index >= 15 is 0 Å². The number of nitrogens with zero attached hydrogens (tertiary/aromatic N) is 1. The van der Waals surface area contributed by atoms with Gasteiger partial charge in [0, 0.05) is 31.4 Å². The fraction of sp³-hybridized carbons (Fsp3) is 0.308. The average Bonchev–Trinajstić information content (AvgIpc) is 2.27. The van der Waals surface area contributed by atoms with Crippen molar-refractivity contribution in [1.82, 2.24) is 4.90 Å². The number of ketones is 1. The van der Waals surface area contributed by atoms with Crippen LogP contribution >= 0.6 is 0 Å². The fourth-order valence-electron chi connectivity index (χ4n) is 1.42. The number of carbonyl (C=O) groups is 1. The Morgan fingerprint density at radius 1 is 1.25 bits per heavy atom. The average molecular weight is 219 g/mol. The van der Waals surface area contributed by atoms with Crippen molar-refractivity contribution in [2.24, 2.45) is 0 Å². The summed E-state index contributed by atoms with van der Waals surface area (Å²) in [5, 5.41) is 0. The third-order valence-electron chi connectivity index (χ3n) is 2.16. The summed E-state index contributed by atoms with van der Waals surface area (Å²) >= 11 is 0. The summed E-state index contributed by atoms with van der Waals surface area (Å²) in [4.78, 5) is 13.8. The Morgan fingerprint density at radius 2 is 1.81 bits per heavy atom. The Hall–Kier alpha value is -1.77. The van der Waals surface area contributed by atoms with Crippen LogP contribution in [0.3, 0.4) is 0 Å². The number of allylic oxidation sites excluding steroid dienone is 1. The number of hydrogen-bond donors (Lipinski definition) is 0. The Labute approximate surface area is 96.3 Å². The molecule has 0 aliphatic heterocycles. The molecule has 1 rings (SSSR count). The van der Waals surface area contributed by atoms with Gasteiger partial charge < -0.3 is 9.64 Å². The summed E-state index contributed by atoms with van der Waals surface area (Å²) in [6.07, 6.45) is 1.81. The Morgan fingerprint density at radius 3 is 2.25 bits per heavy atom. The molecule has 0 saturated carbocycles. The highest BCUT2D eigenvalue weighted by Crippen LogP contribution is 2.14. The van der Waals surface area contributed by atoms with Crippen LogP contribution in [0, 0.1) is 0 Å². The highest BCUT2D eigenvalue weighted by atomic mass is 16.5. The second-order valence-corrected chi connectivity index (χ2v) is 3.83. The zero-order valence-electron chi connectivity index (χ0n) is 10.2. The lowest BCUT2D eigenvalue weighted by Gasteiger charge is -2.08. The SMILES string of the molecule is COc1ccc(C(=O)C(C)=CN(C)C)cc1. The topological polar surface area (TPSA) is 29.5 Å². The maximum atomic E-state index is 11.9. The van der Waals surface area contributed by atoms with Crippen LogP contribution in [-0.4, -0.2) is 31.9 Å². The first-order valence-corrected chi connectivity index (χ1v) is 5.08. The standard InChI is InChI=1S/C13H17NO2/c1-10(9-14(2)3)13(15)11-5-7-12(16-4)8-6-11/h5-9H,1-4H3. The van der Waals surface area contributed by atoms with E-state index in [2.05, 4.69) is 0 Å². The van der Waals surface area contributed by atoms with Gasteiger partial charge in [0.1, 0.15) is 5.75 Å². The molecule has 0 N–H and O–H groups in total. The van der Waals surface area contributed by atoms with Gasteiger partial charge in [0.15, 0.2) is 5.78 Å². The molecule has 0 unspecified atom stereocenters. The molecular weight excluding hydrogens is 202 g/mol. The number of hydrogen-bond acceptors (Lipinski definition) is 3. The highest BCUT2D eigenvalue weighted by molar-refractivity contribution is 6.08. The summed E-state index contributed by atoms with van der Waals surface area (Å²) < 4.78 is 5.04. The van der Waals surface area contributed by atoms with Gasteiger partial charge in [-0.2, -0.15) is 0 Å². The first-order valence-electron chi connectivity index (χ1n) is 5.08. The first kappa shape index (κ1) is 12.3. The van der Waals surface area contributed by atoms with Crippen LogP contribution in [0.15, 0.2) is 36.0 Å². The van der Waals surface area contributed by atoms with E-state index in [0.717, 1.165) is 11.3 Å². The molecule has 0 atom stereocenters. The molecule has 3 heteroatoms.